The van der Waals surface area contributed by atoms with Crippen molar-refractivity contribution < 1.29 is 23.1 Å². The van der Waals surface area contributed by atoms with Gasteiger partial charge in [-0.25, -0.2) is 0 Å². The van der Waals surface area contributed by atoms with Crippen LogP contribution in [-0.2, 0) is 4.79 Å². The van der Waals surface area contributed by atoms with Crippen LogP contribution in [0.4, 0.5) is 13.2 Å². The van der Waals surface area contributed by atoms with Crippen molar-refractivity contribution in [2.75, 3.05) is 13.1 Å². The summed E-state index contributed by atoms with van der Waals surface area (Å²) in [7, 11) is 0. The minimum atomic E-state index is -4.22. The Kier molecular flexibility index (Phi) is 4.41. The van der Waals surface area contributed by atoms with Gasteiger partial charge in [0.15, 0.2) is 0 Å². The Labute approximate surface area is 98.6 Å². The van der Waals surface area contributed by atoms with E-state index in [2.05, 4.69) is 0 Å². The van der Waals surface area contributed by atoms with Crippen LogP contribution in [0.25, 0.3) is 0 Å². The Morgan fingerprint density at radius 2 is 2.12 bits per heavy atom. The lowest BCUT2D eigenvalue weighted by molar-refractivity contribution is -0.156. The Balaban J connectivity index is 2.72. The predicted octanol–water partition coefficient (Wildman–Crippen LogP) is 2.66. The van der Waals surface area contributed by atoms with E-state index in [1.807, 2.05) is 6.92 Å². The van der Waals surface area contributed by atoms with Crippen LogP contribution in [0, 0.1) is 0 Å². The summed E-state index contributed by atoms with van der Waals surface area (Å²) in [6, 6.07) is 0. The first kappa shape index (κ1) is 14.3. The largest absolute Gasteiger partial charge is 0.480 e. The van der Waals surface area contributed by atoms with E-state index in [0.29, 0.717) is 32.2 Å². The van der Waals surface area contributed by atoms with Crippen molar-refractivity contribution in [3.8, 4) is 0 Å². The molecule has 0 amide bonds. The lowest BCUT2D eigenvalue weighted by Gasteiger charge is -2.34. The van der Waals surface area contributed by atoms with Crippen molar-refractivity contribution in [2.24, 2.45) is 0 Å². The third-order valence-electron chi connectivity index (χ3n) is 3.35. The molecule has 1 N–H and O–H groups in total. The molecule has 1 fully saturated rings. The van der Waals surface area contributed by atoms with Crippen molar-refractivity contribution in [2.45, 2.75) is 50.7 Å². The van der Waals surface area contributed by atoms with Crippen molar-refractivity contribution in [3.63, 3.8) is 0 Å². The summed E-state index contributed by atoms with van der Waals surface area (Å²) >= 11 is 0. The van der Waals surface area contributed by atoms with Crippen molar-refractivity contribution in [1.29, 1.82) is 0 Å². The van der Waals surface area contributed by atoms with Gasteiger partial charge in [0.25, 0.3) is 0 Å². The Bertz CT molecular complexity index is 280. The van der Waals surface area contributed by atoms with Gasteiger partial charge in [-0.3, -0.25) is 9.69 Å². The summed E-state index contributed by atoms with van der Waals surface area (Å²) in [5, 5.41) is 9.27. The zero-order valence-electron chi connectivity index (χ0n) is 9.89. The number of carboxylic acid groups (broad SMARTS) is 1. The molecular formula is C11H18F3NO2. The molecule has 1 aliphatic heterocycles. The highest BCUT2D eigenvalue weighted by molar-refractivity contribution is 5.79. The molecule has 0 radical (unpaired) electrons. The molecule has 0 saturated carbocycles. The van der Waals surface area contributed by atoms with E-state index < -0.39 is 24.1 Å². The summed E-state index contributed by atoms with van der Waals surface area (Å²) in [6.45, 7) is 2.09. The van der Waals surface area contributed by atoms with Gasteiger partial charge in [-0.1, -0.05) is 13.3 Å². The van der Waals surface area contributed by atoms with Gasteiger partial charge in [0.2, 0.25) is 0 Å². The molecule has 0 aromatic rings. The second kappa shape index (κ2) is 5.25. The highest BCUT2D eigenvalue weighted by Gasteiger charge is 2.47. The SMILES string of the molecule is CCCC1(C(=O)O)CCCN1CCC(F)(F)F. The standard InChI is InChI=1S/C11H18F3NO2/c1-2-4-10(9(16)17)5-3-7-15(10)8-6-11(12,13)14/h2-8H2,1H3,(H,16,17). The number of halogens is 3. The van der Waals surface area contributed by atoms with Crippen LogP contribution >= 0.6 is 0 Å². The van der Waals surface area contributed by atoms with E-state index >= 15 is 0 Å². The number of hydrogen-bond acceptors (Lipinski definition) is 2. The molecule has 17 heavy (non-hydrogen) atoms. The molecule has 3 nitrogen and oxygen atoms in total. The van der Waals surface area contributed by atoms with E-state index in [9.17, 15) is 23.1 Å². The molecule has 1 heterocycles. The van der Waals surface area contributed by atoms with Crippen LogP contribution < -0.4 is 0 Å². The first-order chi connectivity index (χ1) is 7.82. The van der Waals surface area contributed by atoms with Crippen LogP contribution in [-0.4, -0.2) is 40.8 Å². The quantitative estimate of drug-likeness (QED) is 0.818. The van der Waals surface area contributed by atoms with E-state index in [-0.39, 0.29) is 6.54 Å². The van der Waals surface area contributed by atoms with Crippen LogP contribution in [0.2, 0.25) is 0 Å². The molecule has 1 aliphatic rings. The normalized spacial score (nSPS) is 26.4. The molecular weight excluding hydrogens is 235 g/mol. The highest BCUT2D eigenvalue weighted by Crippen LogP contribution is 2.35. The maximum absolute atomic E-state index is 12.2. The van der Waals surface area contributed by atoms with E-state index in [4.69, 9.17) is 0 Å². The molecule has 6 heteroatoms. The first-order valence-corrected chi connectivity index (χ1v) is 5.87. The number of rotatable bonds is 5. The van der Waals surface area contributed by atoms with Gasteiger partial charge in [-0.15, -0.1) is 0 Å². The van der Waals surface area contributed by atoms with E-state index in [1.165, 1.54) is 4.90 Å². The molecule has 1 unspecified atom stereocenters. The highest BCUT2D eigenvalue weighted by atomic mass is 19.4. The summed E-state index contributed by atoms with van der Waals surface area (Å²) in [5.74, 6) is -0.987. The van der Waals surface area contributed by atoms with Gasteiger partial charge in [0.1, 0.15) is 5.54 Å². The average Bonchev–Trinajstić information content (AvgIpc) is 2.59. The second-order valence-electron chi connectivity index (χ2n) is 4.54. The number of hydrogen-bond donors (Lipinski definition) is 1. The molecule has 0 spiro atoms. The van der Waals surface area contributed by atoms with Crippen LogP contribution in [0.15, 0.2) is 0 Å². The molecule has 100 valence electrons. The van der Waals surface area contributed by atoms with Crippen molar-refractivity contribution >= 4 is 5.97 Å². The topological polar surface area (TPSA) is 40.5 Å². The number of likely N-dealkylation sites (tertiary alicyclic amines) is 1. The predicted molar refractivity (Wildman–Crippen MR) is 56.8 cm³/mol. The minimum absolute atomic E-state index is 0.212. The summed E-state index contributed by atoms with van der Waals surface area (Å²) in [6.07, 6.45) is -2.97. The fourth-order valence-corrected chi connectivity index (χ4v) is 2.57. The van der Waals surface area contributed by atoms with E-state index in [0.717, 1.165) is 0 Å². The van der Waals surface area contributed by atoms with E-state index in [1.54, 1.807) is 0 Å². The van der Waals surface area contributed by atoms with Gasteiger partial charge in [0.05, 0.1) is 6.42 Å². The molecule has 0 bridgehead atoms. The number of aliphatic carboxylic acids is 1. The summed E-state index contributed by atoms with van der Waals surface area (Å²) < 4.78 is 36.5. The summed E-state index contributed by atoms with van der Waals surface area (Å²) in [5.41, 5.74) is -1.07. The first-order valence-electron chi connectivity index (χ1n) is 5.87. The summed E-state index contributed by atoms with van der Waals surface area (Å²) in [4.78, 5) is 12.8. The third-order valence-corrected chi connectivity index (χ3v) is 3.35. The van der Waals surface area contributed by atoms with Crippen LogP contribution in [0.1, 0.15) is 39.0 Å². The van der Waals surface area contributed by atoms with Gasteiger partial charge >= 0.3 is 12.1 Å². The van der Waals surface area contributed by atoms with Crippen LogP contribution in [0.5, 0.6) is 0 Å². The fraction of sp³-hybridized carbons (Fsp3) is 0.909. The third kappa shape index (κ3) is 3.34. The van der Waals surface area contributed by atoms with Gasteiger partial charge in [-0.2, -0.15) is 13.2 Å². The number of carbonyl (C=O) groups is 1. The number of nitrogens with zero attached hydrogens (tertiary/aromatic N) is 1. The average molecular weight is 253 g/mol. The monoisotopic (exact) mass is 253 g/mol. The maximum atomic E-state index is 12.2. The smallest absolute Gasteiger partial charge is 0.390 e. The number of alkyl halides is 3. The maximum Gasteiger partial charge on any atom is 0.390 e. The minimum Gasteiger partial charge on any atom is -0.480 e. The molecule has 1 atom stereocenters. The lowest BCUT2D eigenvalue weighted by atomic mass is 9.90. The molecule has 0 aromatic heterocycles. The molecule has 1 rings (SSSR count). The fourth-order valence-electron chi connectivity index (χ4n) is 2.57. The Morgan fingerprint density at radius 1 is 1.47 bits per heavy atom. The van der Waals surface area contributed by atoms with Gasteiger partial charge < -0.3 is 5.11 Å². The van der Waals surface area contributed by atoms with Crippen molar-refractivity contribution in [3.05, 3.63) is 0 Å². The molecule has 0 aliphatic carbocycles. The van der Waals surface area contributed by atoms with Gasteiger partial charge in [-0.05, 0) is 25.8 Å². The lowest BCUT2D eigenvalue weighted by Crippen LogP contribution is -2.51. The van der Waals surface area contributed by atoms with Gasteiger partial charge in [0, 0.05) is 6.54 Å². The second-order valence-corrected chi connectivity index (χ2v) is 4.54. The molecule has 0 aromatic carbocycles. The zero-order valence-corrected chi connectivity index (χ0v) is 9.89. The zero-order chi connectivity index (χ0) is 13.1. The Morgan fingerprint density at radius 3 is 2.59 bits per heavy atom. The van der Waals surface area contributed by atoms with Crippen molar-refractivity contribution in [1.82, 2.24) is 4.90 Å². The Hall–Kier alpha value is -0.780. The number of carboxylic acids is 1. The molecule has 1 saturated heterocycles. The van der Waals surface area contributed by atoms with Crippen LogP contribution in [0.3, 0.4) is 0 Å².